The van der Waals surface area contributed by atoms with Crippen LogP contribution in [0.4, 0.5) is 28.4 Å². The summed E-state index contributed by atoms with van der Waals surface area (Å²) in [6.45, 7) is 10.8. The van der Waals surface area contributed by atoms with Crippen LogP contribution in [-0.4, -0.2) is 105 Å². The third-order valence-corrected chi connectivity index (χ3v) is 14.0. The number of likely N-dealkylation sites (tertiary alicyclic amines) is 2. The fourth-order valence-electron chi connectivity index (χ4n) is 11.0. The Morgan fingerprint density at radius 1 is 0.612 bits per heavy atom. The Morgan fingerprint density at radius 3 is 1.24 bits per heavy atom. The van der Waals surface area contributed by atoms with E-state index in [1.165, 1.54) is 36.0 Å². The molecule has 0 saturated carbocycles. The third-order valence-electron chi connectivity index (χ3n) is 14.0. The average Bonchev–Trinajstić information content (AvgIpc) is 4.01. The number of carboxylic acid groups (broad SMARTS) is 2. The lowest BCUT2D eigenvalue weighted by Gasteiger charge is -2.43. The molecule has 67 heavy (non-hydrogen) atoms. The molecule has 0 spiro atoms. The van der Waals surface area contributed by atoms with Crippen LogP contribution in [0.25, 0.3) is 0 Å². The summed E-state index contributed by atoms with van der Waals surface area (Å²) in [5, 5.41) is 19.8. The molecule has 0 aromatic heterocycles. The Bertz CT molecular complexity index is 2250. The summed E-state index contributed by atoms with van der Waals surface area (Å²) < 4.78 is 41.4. The van der Waals surface area contributed by atoms with Crippen LogP contribution in [0.3, 0.4) is 0 Å². The lowest BCUT2D eigenvalue weighted by Crippen LogP contribution is -2.61. The van der Waals surface area contributed by atoms with Crippen LogP contribution >= 0.6 is 0 Å². The van der Waals surface area contributed by atoms with Crippen molar-refractivity contribution >= 4 is 41.5 Å². The van der Waals surface area contributed by atoms with Crippen molar-refractivity contribution in [2.75, 3.05) is 32.1 Å². The van der Waals surface area contributed by atoms with Crippen LogP contribution in [0.5, 0.6) is 0 Å². The van der Waals surface area contributed by atoms with E-state index in [1.807, 2.05) is 29.2 Å². The van der Waals surface area contributed by atoms with Crippen LogP contribution in [0.2, 0.25) is 0 Å². The average molecular weight is 934 g/mol. The summed E-state index contributed by atoms with van der Waals surface area (Å²) in [4.78, 5) is 86.8. The topological polar surface area (TPSA) is 211 Å². The van der Waals surface area contributed by atoms with E-state index < -0.39 is 93.6 Å². The summed E-state index contributed by atoms with van der Waals surface area (Å²) in [5.41, 5.74) is 9.59. The predicted molar refractivity (Wildman–Crippen MR) is 243 cm³/mol. The molecule has 3 heterocycles. The van der Waals surface area contributed by atoms with E-state index >= 15 is 0 Å². The van der Waals surface area contributed by atoms with Crippen molar-refractivity contribution in [2.24, 2.45) is 22.3 Å². The number of nitrogens with zero attached hydrogens (tertiary/aromatic N) is 5. The molecule has 6 amide bonds. The molecule has 6 atom stereocenters. The van der Waals surface area contributed by atoms with E-state index in [4.69, 9.17) is 11.5 Å². The van der Waals surface area contributed by atoms with Crippen LogP contribution in [0.1, 0.15) is 120 Å². The quantitative estimate of drug-likeness (QED) is 0.150. The lowest BCUT2D eigenvalue weighted by molar-refractivity contribution is -0.150. The van der Waals surface area contributed by atoms with Gasteiger partial charge in [0.05, 0.1) is 17.6 Å². The number of halogens is 3. The first-order valence-electron chi connectivity index (χ1n) is 22.4. The monoisotopic (exact) mass is 933 g/mol. The molecule has 0 radical (unpaired) electrons. The van der Waals surface area contributed by atoms with E-state index in [1.54, 1.807) is 65.8 Å². The largest absolute Gasteiger partial charge is 0.465 e. The van der Waals surface area contributed by atoms with Gasteiger partial charge in [0.2, 0.25) is 23.6 Å². The highest BCUT2D eigenvalue weighted by atomic mass is 19.4. The normalized spacial score (nSPS) is 23.2. The van der Waals surface area contributed by atoms with Gasteiger partial charge in [-0.15, -0.1) is 0 Å². The van der Waals surface area contributed by atoms with Crippen LogP contribution in [0.15, 0.2) is 72.8 Å². The Hall–Kier alpha value is -6.33. The van der Waals surface area contributed by atoms with Crippen molar-refractivity contribution in [3.63, 3.8) is 0 Å². The molecule has 3 aromatic carbocycles. The minimum absolute atomic E-state index is 0.169. The highest BCUT2D eigenvalue weighted by Crippen LogP contribution is 2.50. The van der Waals surface area contributed by atoms with Gasteiger partial charge in [-0.05, 0) is 95.9 Å². The number of alkyl halides is 3. The molecule has 3 saturated heterocycles. The van der Waals surface area contributed by atoms with Gasteiger partial charge in [0.15, 0.2) is 0 Å². The molecule has 3 aliphatic rings. The van der Waals surface area contributed by atoms with Crippen LogP contribution < -0.4 is 16.4 Å². The number of likely N-dealkylation sites (N-methyl/N-ethyl adjacent to an activating group) is 2. The van der Waals surface area contributed by atoms with Crippen LogP contribution in [0, 0.1) is 10.8 Å². The number of hydrogen-bond donors (Lipinski definition) is 4. The minimum atomic E-state index is -4.57. The van der Waals surface area contributed by atoms with Gasteiger partial charge in [-0.1, -0.05) is 90.1 Å². The van der Waals surface area contributed by atoms with Gasteiger partial charge in [-0.25, -0.2) is 9.59 Å². The fraction of sp³-hybridized carbons (Fsp3) is 0.510. The van der Waals surface area contributed by atoms with E-state index in [0.717, 1.165) is 33.1 Å². The van der Waals surface area contributed by atoms with Gasteiger partial charge >= 0.3 is 18.4 Å². The number of amides is 6. The zero-order valence-electron chi connectivity index (χ0n) is 39.3. The first kappa shape index (κ1) is 50.1. The highest BCUT2D eigenvalue weighted by Gasteiger charge is 2.55. The van der Waals surface area contributed by atoms with Crippen molar-refractivity contribution in [3.05, 3.63) is 101 Å². The Morgan fingerprint density at radius 2 is 0.955 bits per heavy atom. The third kappa shape index (κ3) is 8.98. The maximum atomic E-state index is 14.3. The van der Waals surface area contributed by atoms with Crippen molar-refractivity contribution in [1.82, 2.24) is 19.6 Å². The van der Waals surface area contributed by atoms with E-state index in [-0.39, 0.29) is 25.9 Å². The molecule has 0 unspecified atom stereocenters. The second kappa shape index (κ2) is 18.1. The second-order valence-corrected chi connectivity index (χ2v) is 20.3. The first-order valence-corrected chi connectivity index (χ1v) is 22.4. The molecular weight excluding hydrogens is 872 g/mol. The van der Waals surface area contributed by atoms with Gasteiger partial charge < -0.3 is 36.4 Å². The lowest BCUT2D eigenvalue weighted by atomic mass is 9.81. The van der Waals surface area contributed by atoms with Gasteiger partial charge in [-0.2, -0.15) is 13.2 Å². The number of benzene rings is 3. The standard InChI is InChI=1S/C49H62F3N7O8/c1-45(2,3)37(55(7)43(64)65)39(60)57-27-9-25-47(57,41(53)62)31-15-11-29(12-16-31)35-23-24-36(59(35)34-21-19-33(20-22-34)49(50,51)52)30-13-17-32(18-14-30)48(42(54)63)26-10-28-58(48)40(61)38(46(4,5)6)56(8)44(66)67/h11-22,35-38H,9-10,23-28H2,1-8H3,(H2,53,62)(H2,54,63)(H,64,65)(H,66,67)/t35-,36-,37+,38+,47-,48-/m0/s1. The summed E-state index contributed by atoms with van der Waals surface area (Å²) in [6.07, 6.45) is -4.80. The Kier molecular flexibility index (Phi) is 13.5. The Labute approximate surface area is 388 Å². The molecule has 362 valence electrons. The number of anilines is 1. The number of nitrogens with two attached hydrogens (primary N) is 2. The van der Waals surface area contributed by atoms with Crippen LogP contribution in [-0.2, 0) is 36.4 Å². The number of rotatable bonds is 11. The molecule has 0 bridgehead atoms. The molecule has 3 fully saturated rings. The zero-order chi connectivity index (χ0) is 49.8. The van der Waals surface area contributed by atoms with Gasteiger partial charge in [0.1, 0.15) is 23.2 Å². The molecular formula is C49H62F3N7O8. The first-order chi connectivity index (χ1) is 31.1. The van der Waals surface area contributed by atoms with Gasteiger partial charge in [-0.3, -0.25) is 29.0 Å². The molecule has 15 nitrogen and oxygen atoms in total. The van der Waals surface area contributed by atoms with Crippen molar-refractivity contribution < 1.29 is 52.2 Å². The fourth-order valence-corrected chi connectivity index (χ4v) is 11.0. The van der Waals surface area contributed by atoms with Crippen molar-refractivity contribution in [3.8, 4) is 0 Å². The molecule has 3 aromatic rings. The summed E-state index contributed by atoms with van der Waals surface area (Å²) >= 11 is 0. The number of primary amides is 2. The minimum Gasteiger partial charge on any atom is -0.465 e. The van der Waals surface area contributed by atoms with E-state index in [9.17, 15) is 52.2 Å². The summed E-state index contributed by atoms with van der Waals surface area (Å²) in [6, 6.07) is 16.0. The molecule has 3 aliphatic heterocycles. The highest BCUT2D eigenvalue weighted by molar-refractivity contribution is 5.96. The van der Waals surface area contributed by atoms with Gasteiger partial charge in [0.25, 0.3) is 0 Å². The van der Waals surface area contributed by atoms with E-state index in [2.05, 4.69) is 0 Å². The second-order valence-electron chi connectivity index (χ2n) is 20.3. The SMILES string of the molecule is CN(C(=O)O)[C@H](C(=O)N1CCC[C@@]1(C(N)=O)c1ccc([C@@H]2CC[C@@H](c3ccc([C@]4(C(N)=O)CCCN4C(=O)[C@@H](N(C)C(=O)O)C(C)(C)C)cc3)N2c2ccc(C(F)(F)F)cc2)cc1)C(C)(C)C. The Balaban J connectivity index is 1.37. The maximum Gasteiger partial charge on any atom is 0.416 e. The number of carbonyl (C=O) groups is 6. The van der Waals surface area contributed by atoms with Crippen molar-refractivity contribution in [1.29, 1.82) is 0 Å². The van der Waals surface area contributed by atoms with Gasteiger partial charge in [0, 0.05) is 32.9 Å². The summed E-state index contributed by atoms with van der Waals surface area (Å²) in [7, 11) is 2.63. The zero-order valence-corrected chi connectivity index (χ0v) is 39.3. The molecule has 0 aliphatic carbocycles. The molecule has 18 heteroatoms. The van der Waals surface area contributed by atoms with E-state index in [0.29, 0.717) is 42.5 Å². The smallest absolute Gasteiger partial charge is 0.416 e. The molecule has 6 rings (SSSR count). The number of hydrogen-bond acceptors (Lipinski definition) is 7. The van der Waals surface area contributed by atoms with Crippen molar-refractivity contribution in [2.45, 2.75) is 121 Å². The summed E-state index contributed by atoms with van der Waals surface area (Å²) in [5.74, 6) is -2.63. The predicted octanol–water partition coefficient (Wildman–Crippen LogP) is 7.44. The number of carbonyl (C=O) groups excluding carboxylic acids is 4. The maximum absolute atomic E-state index is 14.3. The molecule has 6 N–H and O–H groups in total.